The topological polar surface area (TPSA) is 85.1 Å². The molecule has 17 heavy (non-hydrogen) atoms. The molecular formula is C12H11N3O2. The minimum absolute atomic E-state index is 0.0220. The smallest absolute Gasteiger partial charge is 0.233 e. The van der Waals surface area contributed by atoms with Crippen molar-refractivity contribution >= 4 is 5.88 Å². The van der Waals surface area contributed by atoms with Gasteiger partial charge in [0.2, 0.25) is 17.5 Å². The van der Waals surface area contributed by atoms with Crippen LogP contribution in [-0.2, 0) is 0 Å². The van der Waals surface area contributed by atoms with E-state index in [1.54, 1.807) is 6.07 Å². The van der Waals surface area contributed by atoms with Gasteiger partial charge in [0, 0.05) is 0 Å². The highest BCUT2D eigenvalue weighted by Gasteiger charge is 2.15. The van der Waals surface area contributed by atoms with Crippen molar-refractivity contribution in [3.8, 4) is 23.3 Å². The van der Waals surface area contributed by atoms with Crippen LogP contribution in [0.5, 0.6) is 5.75 Å². The zero-order chi connectivity index (χ0) is 12.3. The summed E-state index contributed by atoms with van der Waals surface area (Å²) in [6.45, 7) is 2.43. The third-order valence-corrected chi connectivity index (χ3v) is 2.18. The van der Waals surface area contributed by atoms with Crippen LogP contribution in [0.15, 0.2) is 28.7 Å². The van der Waals surface area contributed by atoms with E-state index >= 15 is 0 Å². The number of nitriles is 1. The molecule has 0 aliphatic heterocycles. The van der Waals surface area contributed by atoms with Gasteiger partial charge in [-0.2, -0.15) is 10.2 Å². The van der Waals surface area contributed by atoms with Crippen LogP contribution in [0.4, 0.5) is 5.88 Å². The number of anilines is 1. The third kappa shape index (κ3) is 2.06. The molecule has 0 aliphatic rings. The molecule has 0 atom stereocenters. The van der Waals surface area contributed by atoms with Crippen molar-refractivity contribution in [2.24, 2.45) is 0 Å². The largest absolute Gasteiger partial charge is 0.493 e. The molecule has 2 rings (SSSR count). The number of rotatable bonds is 3. The Labute approximate surface area is 98.4 Å². The summed E-state index contributed by atoms with van der Waals surface area (Å²) in [5.41, 5.74) is 6.29. The van der Waals surface area contributed by atoms with E-state index in [9.17, 15) is 0 Å². The second-order valence-corrected chi connectivity index (χ2v) is 3.27. The number of hydrogen-bond acceptors (Lipinski definition) is 5. The predicted molar refractivity (Wildman–Crippen MR) is 62.2 cm³/mol. The molecule has 86 valence electrons. The van der Waals surface area contributed by atoms with E-state index in [1.165, 1.54) is 0 Å². The molecule has 0 radical (unpaired) electrons. The summed E-state index contributed by atoms with van der Waals surface area (Å²) >= 11 is 0. The maximum Gasteiger partial charge on any atom is 0.233 e. The Hall–Kier alpha value is -2.48. The molecule has 5 heteroatoms. The predicted octanol–water partition coefficient (Wildman–Crippen LogP) is 2.19. The molecule has 1 aromatic heterocycles. The summed E-state index contributed by atoms with van der Waals surface area (Å²) in [7, 11) is 0. The van der Waals surface area contributed by atoms with Gasteiger partial charge in [0.15, 0.2) is 0 Å². The standard InChI is InChI=1S/C12H11N3O2/c1-2-16-10-6-4-3-5-8(10)12-15-9(7-13)11(14)17-12/h3-6H,2,14H2,1H3. The zero-order valence-electron chi connectivity index (χ0n) is 9.30. The van der Waals surface area contributed by atoms with E-state index in [4.69, 9.17) is 20.1 Å². The van der Waals surface area contributed by atoms with Crippen LogP contribution in [0, 0.1) is 11.3 Å². The Morgan fingerprint density at radius 2 is 2.24 bits per heavy atom. The van der Waals surface area contributed by atoms with Crippen LogP contribution in [0.3, 0.4) is 0 Å². The van der Waals surface area contributed by atoms with E-state index < -0.39 is 0 Å². The van der Waals surface area contributed by atoms with E-state index in [-0.39, 0.29) is 11.6 Å². The Balaban J connectivity index is 2.49. The van der Waals surface area contributed by atoms with Crippen molar-refractivity contribution in [1.82, 2.24) is 4.98 Å². The van der Waals surface area contributed by atoms with Gasteiger partial charge < -0.3 is 14.9 Å². The molecule has 0 spiro atoms. The van der Waals surface area contributed by atoms with E-state index in [0.717, 1.165) is 0 Å². The minimum Gasteiger partial charge on any atom is -0.493 e. The molecule has 5 nitrogen and oxygen atoms in total. The number of hydrogen-bond donors (Lipinski definition) is 1. The van der Waals surface area contributed by atoms with Crippen molar-refractivity contribution in [3.05, 3.63) is 30.0 Å². The third-order valence-electron chi connectivity index (χ3n) is 2.18. The maximum atomic E-state index is 8.77. The lowest BCUT2D eigenvalue weighted by atomic mass is 10.2. The second-order valence-electron chi connectivity index (χ2n) is 3.27. The van der Waals surface area contributed by atoms with E-state index in [2.05, 4.69) is 4.98 Å². The normalized spacial score (nSPS) is 9.88. The number of nitrogen functional groups attached to an aromatic ring is 1. The summed E-state index contributed by atoms with van der Waals surface area (Å²) in [5.74, 6) is 0.970. The molecular weight excluding hydrogens is 218 g/mol. The van der Waals surface area contributed by atoms with Crippen molar-refractivity contribution in [1.29, 1.82) is 5.26 Å². The van der Waals surface area contributed by atoms with Gasteiger partial charge >= 0.3 is 0 Å². The summed E-state index contributed by atoms with van der Waals surface area (Å²) in [5, 5.41) is 8.77. The van der Waals surface area contributed by atoms with E-state index in [1.807, 2.05) is 31.2 Å². The number of benzene rings is 1. The van der Waals surface area contributed by atoms with Crippen LogP contribution in [0.25, 0.3) is 11.5 Å². The monoisotopic (exact) mass is 229 g/mol. The molecule has 1 aromatic carbocycles. The Morgan fingerprint density at radius 3 is 2.88 bits per heavy atom. The van der Waals surface area contributed by atoms with Crippen LogP contribution in [-0.4, -0.2) is 11.6 Å². The summed E-state index contributed by atoms with van der Waals surface area (Å²) in [6, 6.07) is 9.17. The Bertz CT molecular complexity index is 569. The first-order valence-electron chi connectivity index (χ1n) is 5.15. The summed E-state index contributed by atoms with van der Waals surface area (Å²) in [4.78, 5) is 4.01. The van der Waals surface area contributed by atoms with Crippen molar-refractivity contribution < 1.29 is 9.15 Å². The summed E-state index contributed by atoms with van der Waals surface area (Å²) < 4.78 is 10.7. The highest BCUT2D eigenvalue weighted by molar-refractivity contribution is 5.64. The van der Waals surface area contributed by atoms with Gasteiger partial charge in [-0.05, 0) is 19.1 Å². The molecule has 2 N–H and O–H groups in total. The minimum atomic E-state index is 0.0220. The first kappa shape index (κ1) is 11.0. The molecule has 0 bridgehead atoms. The number of oxazole rings is 1. The Morgan fingerprint density at radius 1 is 1.47 bits per heavy atom. The van der Waals surface area contributed by atoms with Crippen molar-refractivity contribution in [2.75, 3.05) is 12.3 Å². The molecule has 0 unspecified atom stereocenters. The van der Waals surface area contributed by atoms with Gasteiger partial charge in [-0.3, -0.25) is 0 Å². The van der Waals surface area contributed by atoms with Gasteiger partial charge in [-0.25, -0.2) is 0 Å². The van der Waals surface area contributed by atoms with Gasteiger partial charge in [0.05, 0.1) is 12.2 Å². The van der Waals surface area contributed by atoms with E-state index in [0.29, 0.717) is 23.8 Å². The number of aromatic nitrogens is 1. The number of ether oxygens (including phenoxy) is 1. The first-order valence-corrected chi connectivity index (χ1v) is 5.15. The second kappa shape index (κ2) is 4.58. The first-order chi connectivity index (χ1) is 8.26. The molecule has 0 amide bonds. The zero-order valence-corrected chi connectivity index (χ0v) is 9.30. The number of nitrogens with zero attached hydrogens (tertiary/aromatic N) is 2. The highest BCUT2D eigenvalue weighted by Crippen LogP contribution is 2.31. The molecule has 0 saturated heterocycles. The lowest BCUT2D eigenvalue weighted by Gasteiger charge is -2.06. The fraction of sp³-hybridized carbons (Fsp3) is 0.167. The maximum absolute atomic E-state index is 8.77. The fourth-order valence-electron chi connectivity index (χ4n) is 1.45. The lowest BCUT2D eigenvalue weighted by Crippen LogP contribution is -1.93. The molecule has 1 heterocycles. The highest BCUT2D eigenvalue weighted by atomic mass is 16.5. The average molecular weight is 229 g/mol. The number of nitrogens with two attached hydrogens (primary N) is 1. The number of para-hydroxylation sites is 1. The molecule has 0 fully saturated rings. The molecule has 2 aromatic rings. The van der Waals surface area contributed by atoms with Gasteiger partial charge in [0.1, 0.15) is 11.8 Å². The molecule has 0 aliphatic carbocycles. The quantitative estimate of drug-likeness (QED) is 0.871. The van der Waals surface area contributed by atoms with Crippen LogP contribution >= 0.6 is 0 Å². The summed E-state index contributed by atoms with van der Waals surface area (Å²) in [6.07, 6.45) is 0. The van der Waals surface area contributed by atoms with Gasteiger partial charge in [0.25, 0.3) is 0 Å². The fourth-order valence-corrected chi connectivity index (χ4v) is 1.45. The van der Waals surface area contributed by atoms with Crippen molar-refractivity contribution in [3.63, 3.8) is 0 Å². The van der Waals surface area contributed by atoms with Crippen LogP contribution in [0.2, 0.25) is 0 Å². The SMILES string of the molecule is CCOc1ccccc1-c1nc(C#N)c(N)o1. The average Bonchev–Trinajstić information content (AvgIpc) is 2.71. The van der Waals surface area contributed by atoms with Gasteiger partial charge in [-0.1, -0.05) is 12.1 Å². The Kier molecular flexibility index (Phi) is 2.97. The molecule has 0 saturated carbocycles. The van der Waals surface area contributed by atoms with Gasteiger partial charge in [-0.15, -0.1) is 0 Å². The van der Waals surface area contributed by atoms with Crippen LogP contribution in [0.1, 0.15) is 12.6 Å². The lowest BCUT2D eigenvalue weighted by molar-refractivity contribution is 0.340. The van der Waals surface area contributed by atoms with Crippen molar-refractivity contribution in [2.45, 2.75) is 6.92 Å². The van der Waals surface area contributed by atoms with Crippen LogP contribution < -0.4 is 10.5 Å².